The number of aliphatic imine (C=N–C) groups is 1. The van der Waals surface area contributed by atoms with Crippen molar-refractivity contribution in [3.63, 3.8) is 0 Å². The molecule has 0 amide bonds. The molecule has 1 aliphatic rings. The van der Waals surface area contributed by atoms with E-state index < -0.39 is 0 Å². The van der Waals surface area contributed by atoms with Gasteiger partial charge in [-0.2, -0.15) is 0 Å². The zero-order valence-corrected chi connectivity index (χ0v) is 6.76. The smallest absolute Gasteiger partial charge is 0.183 e. The van der Waals surface area contributed by atoms with Gasteiger partial charge in [0.2, 0.25) is 0 Å². The molecule has 0 aromatic carbocycles. The van der Waals surface area contributed by atoms with E-state index in [0.717, 1.165) is 31.7 Å². The molecule has 1 aliphatic heterocycles. The maximum atomic E-state index is 5.50. The number of rotatable bonds is 3. The van der Waals surface area contributed by atoms with Crippen LogP contribution in [0.3, 0.4) is 0 Å². The van der Waals surface area contributed by atoms with E-state index in [1.165, 1.54) is 0 Å². The molecule has 2 nitrogen and oxygen atoms in total. The van der Waals surface area contributed by atoms with Gasteiger partial charge in [0.1, 0.15) is 6.10 Å². The van der Waals surface area contributed by atoms with Crippen LogP contribution in [0.25, 0.3) is 0 Å². The predicted octanol–water partition coefficient (Wildman–Crippen LogP) is 1.99. The van der Waals surface area contributed by atoms with Crippen molar-refractivity contribution in [3.8, 4) is 0 Å². The third kappa shape index (κ3) is 1.72. The summed E-state index contributed by atoms with van der Waals surface area (Å²) < 4.78 is 5.50. The van der Waals surface area contributed by atoms with Crippen LogP contribution in [0.5, 0.6) is 0 Å². The molecule has 0 bridgehead atoms. The Morgan fingerprint density at radius 3 is 2.90 bits per heavy atom. The standard InChI is InChI=1S/C8H15NO/c1-3-5-8-9-6-7(4-2)10-8/h7H,3-6H2,1-2H3. The van der Waals surface area contributed by atoms with Crippen molar-refractivity contribution < 1.29 is 4.74 Å². The summed E-state index contributed by atoms with van der Waals surface area (Å²) in [5.74, 6) is 0.967. The lowest BCUT2D eigenvalue weighted by atomic mass is 10.3. The topological polar surface area (TPSA) is 21.6 Å². The Morgan fingerprint density at radius 1 is 1.60 bits per heavy atom. The maximum absolute atomic E-state index is 5.50. The van der Waals surface area contributed by atoms with E-state index in [1.807, 2.05) is 0 Å². The van der Waals surface area contributed by atoms with E-state index in [9.17, 15) is 0 Å². The Hall–Kier alpha value is -0.530. The number of hydrogen-bond donors (Lipinski definition) is 0. The first kappa shape index (κ1) is 7.58. The van der Waals surface area contributed by atoms with E-state index in [-0.39, 0.29) is 0 Å². The summed E-state index contributed by atoms with van der Waals surface area (Å²) in [7, 11) is 0. The molecule has 0 N–H and O–H groups in total. The second-order valence-electron chi connectivity index (χ2n) is 2.63. The van der Waals surface area contributed by atoms with Crippen molar-refractivity contribution in [1.82, 2.24) is 0 Å². The molecule has 0 aromatic rings. The molecule has 0 radical (unpaired) electrons. The van der Waals surface area contributed by atoms with Crippen LogP contribution < -0.4 is 0 Å². The van der Waals surface area contributed by atoms with E-state index in [1.54, 1.807) is 0 Å². The highest BCUT2D eigenvalue weighted by Crippen LogP contribution is 2.10. The summed E-state index contributed by atoms with van der Waals surface area (Å²) in [6.07, 6.45) is 3.60. The molecule has 1 atom stereocenters. The normalized spacial score (nSPS) is 24.2. The van der Waals surface area contributed by atoms with Gasteiger partial charge in [0, 0.05) is 6.42 Å². The van der Waals surface area contributed by atoms with Crippen molar-refractivity contribution in [2.45, 2.75) is 39.2 Å². The SMILES string of the molecule is CCCC1=NCC(CC)O1. The molecule has 1 heterocycles. The van der Waals surface area contributed by atoms with Gasteiger partial charge in [0.15, 0.2) is 5.90 Å². The van der Waals surface area contributed by atoms with E-state index in [0.29, 0.717) is 6.10 Å². The van der Waals surface area contributed by atoms with Crippen LogP contribution in [-0.4, -0.2) is 18.5 Å². The summed E-state index contributed by atoms with van der Waals surface area (Å²) in [5, 5.41) is 0. The van der Waals surface area contributed by atoms with E-state index in [2.05, 4.69) is 18.8 Å². The lowest BCUT2D eigenvalue weighted by Crippen LogP contribution is -2.10. The molecular formula is C8H15NO. The fourth-order valence-electron chi connectivity index (χ4n) is 1.03. The summed E-state index contributed by atoms with van der Waals surface area (Å²) in [4.78, 5) is 4.27. The Labute approximate surface area is 62.3 Å². The summed E-state index contributed by atoms with van der Waals surface area (Å²) in [6, 6.07) is 0. The number of nitrogens with zero attached hydrogens (tertiary/aromatic N) is 1. The van der Waals surface area contributed by atoms with Crippen LogP contribution in [0, 0.1) is 0 Å². The first-order chi connectivity index (χ1) is 4.86. The van der Waals surface area contributed by atoms with Crippen LogP contribution in [0.15, 0.2) is 4.99 Å². The highest BCUT2D eigenvalue weighted by atomic mass is 16.5. The van der Waals surface area contributed by atoms with Crippen molar-refractivity contribution in [2.75, 3.05) is 6.54 Å². The molecule has 0 saturated carbocycles. The molecule has 1 rings (SSSR count). The molecule has 58 valence electrons. The summed E-state index contributed by atoms with van der Waals surface area (Å²) in [6.45, 7) is 5.16. The lowest BCUT2D eigenvalue weighted by Gasteiger charge is -2.06. The minimum atomic E-state index is 0.376. The Balaban J connectivity index is 2.25. The predicted molar refractivity (Wildman–Crippen MR) is 42.4 cm³/mol. The summed E-state index contributed by atoms with van der Waals surface area (Å²) >= 11 is 0. The molecular weight excluding hydrogens is 126 g/mol. The van der Waals surface area contributed by atoms with Gasteiger partial charge in [-0.1, -0.05) is 13.8 Å². The summed E-state index contributed by atoms with van der Waals surface area (Å²) in [5.41, 5.74) is 0. The molecule has 10 heavy (non-hydrogen) atoms. The van der Waals surface area contributed by atoms with Gasteiger partial charge in [-0.3, -0.25) is 4.99 Å². The third-order valence-electron chi connectivity index (χ3n) is 1.69. The quantitative estimate of drug-likeness (QED) is 0.589. The highest BCUT2D eigenvalue weighted by molar-refractivity contribution is 5.77. The van der Waals surface area contributed by atoms with Crippen molar-refractivity contribution in [1.29, 1.82) is 0 Å². The average molecular weight is 141 g/mol. The zero-order chi connectivity index (χ0) is 7.40. The van der Waals surface area contributed by atoms with Crippen LogP contribution >= 0.6 is 0 Å². The molecule has 0 fully saturated rings. The minimum absolute atomic E-state index is 0.376. The van der Waals surface area contributed by atoms with Gasteiger partial charge in [-0.05, 0) is 12.8 Å². The van der Waals surface area contributed by atoms with E-state index >= 15 is 0 Å². The number of hydrogen-bond acceptors (Lipinski definition) is 2. The van der Waals surface area contributed by atoms with Gasteiger partial charge >= 0.3 is 0 Å². The van der Waals surface area contributed by atoms with Crippen LogP contribution in [-0.2, 0) is 4.74 Å². The second kappa shape index (κ2) is 3.59. The zero-order valence-electron chi connectivity index (χ0n) is 6.76. The van der Waals surface area contributed by atoms with E-state index in [4.69, 9.17) is 4.74 Å². The first-order valence-corrected chi connectivity index (χ1v) is 4.06. The lowest BCUT2D eigenvalue weighted by molar-refractivity contribution is 0.214. The van der Waals surface area contributed by atoms with Crippen LogP contribution in [0.4, 0.5) is 0 Å². The largest absolute Gasteiger partial charge is 0.476 e. The average Bonchev–Trinajstić information content (AvgIpc) is 2.37. The second-order valence-corrected chi connectivity index (χ2v) is 2.63. The number of ether oxygens (including phenoxy) is 1. The molecule has 1 unspecified atom stereocenters. The van der Waals surface area contributed by atoms with Gasteiger partial charge < -0.3 is 4.74 Å². The fourth-order valence-corrected chi connectivity index (χ4v) is 1.03. The minimum Gasteiger partial charge on any atom is -0.476 e. The van der Waals surface area contributed by atoms with Crippen molar-refractivity contribution in [3.05, 3.63) is 0 Å². The monoisotopic (exact) mass is 141 g/mol. The molecule has 0 aromatic heterocycles. The third-order valence-corrected chi connectivity index (χ3v) is 1.69. The Bertz CT molecular complexity index is 131. The molecule has 0 saturated heterocycles. The van der Waals surface area contributed by atoms with Crippen LogP contribution in [0.1, 0.15) is 33.1 Å². The molecule has 0 aliphatic carbocycles. The highest BCUT2D eigenvalue weighted by Gasteiger charge is 2.15. The van der Waals surface area contributed by atoms with Gasteiger partial charge in [0.25, 0.3) is 0 Å². The fraction of sp³-hybridized carbons (Fsp3) is 0.875. The molecule has 0 spiro atoms. The van der Waals surface area contributed by atoms with Gasteiger partial charge in [-0.15, -0.1) is 0 Å². The van der Waals surface area contributed by atoms with Crippen molar-refractivity contribution >= 4 is 5.90 Å². The van der Waals surface area contributed by atoms with Crippen LogP contribution in [0.2, 0.25) is 0 Å². The van der Waals surface area contributed by atoms with Gasteiger partial charge in [0.05, 0.1) is 6.54 Å². The van der Waals surface area contributed by atoms with Crippen molar-refractivity contribution in [2.24, 2.45) is 4.99 Å². The molecule has 2 heteroatoms. The Kier molecular flexibility index (Phi) is 2.72. The Morgan fingerprint density at radius 2 is 2.40 bits per heavy atom. The van der Waals surface area contributed by atoms with Gasteiger partial charge in [-0.25, -0.2) is 0 Å². The maximum Gasteiger partial charge on any atom is 0.183 e. The first-order valence-electron chi connectivity index (χ1n) is 4.06.